The number of carbonyl (C=O) groups excluding carboxylic acids is 1. The van der Waals surface area contributed by atoms with Crippen molar-refractivity contribution in [3.8, 4) is 17.2 Å². The highest BCUT2D eigenvalue weighted by Gasteiger charge is 2.22. The SMILES string of the molecule is COc1cc(C(=O)N(C)[C@@H](C)c2ccccc2)cc(OC)c1OC. The van der Waals surface area contributed by atoms with Crippen LogP contribution in [0.1, 0.15) is 28.9 Å². The monoisotopic (exact) mass is 329 g/mol. The standard InChI is InChI=1S/C19H23NO4/c1-13(14-9-7-6-8-10-14)20(2)19(21)15-11-16(22-3)18(24-5)17(12-15)23-4/h6-13H,1-5H3/t13-/m0/s1. The molecule has 0 unspecified atom stereocenters. The average molecular weight is 329 g/mol. The predicted octanol–water partition coefficient (Wildman–Crippen LogP) is 3.55. The van der Waals surface area contributed by atoms with Gasteiger partial charge in [-0.25, -0.2) is 0 Å². The topological polar surface area (TPSA) is 48.0 Å². The minimum absolute atomic E-state index is 0.0576. The van der Waals surface area contributed by atoms with Crippen LogP contribution in [0.3, 0.4) is 0 Å². The molecule has 2 rings (SSSR count). The Morgan fingerprint density at radius 2 is 1.50 bits per heavy atom. The molecule has 0 spiro atoms. The zero-order valence-electron chi connectivity index (χ0n) is 14.7. The summed E-state index contributed by atoms with van der Waals surface area (Å²) in [4.78, 5) is 14.6. The highest BCUT2D eigenvalue weighted by atomic mass is 16.5. The number of rotatable bonds is 6. The van der Waals surface area contributed by atoms with E-state index in [0.717, 1.165) is 5.56 Å². The molecule has 24 heavy (non-hydrogen) atoms. The second kappa shape index (κ2) is 7.73. The lowest BCUT2D eigenvalue weighted by molar-refractivity contribution is 0.0741. The maximum absolute atomic E-state index is 12.9. The number of ether oxygens (including phenoxy) is 3. The van der Waals surface area contributed by atoms with Crippen molar-refractivity contribution in [2.75, 3.05) is 28.4 Å². The Morgan fingerprint density at radius 3 is 1.96 bits per heavy atom. The third-order valence-corrected chi connectivity index (χ3v) is 4.09. The molecule has 128 valence electrons. The van der Waals surface area contributed by atoms with E-state index in [4.69, 9.17) is 14.2 Å². The van der Waals surface area contributed by atoms with Crippen molar-refractivity contribution in [2.45, 2.75) is 13.0 Å². The van der Waals surface area contributed by atoms with E-state index >= 15 is 0 Å². The summed E-state index contributed by atoms with van der Waals surface area (Å²) >= 11 is 0. The smallest absolute Gasteiger partial charge is 0.254 e. The van der Waals surface area contributed by atoms with E-state index in [9.17, 15) is 4.79 Å². The summed E-state index contributed by atoms with van der Waals surface area (Å²) in [5.41, 5.74) is 1.55. The number of benzene rings is 2. The summed E-state index contributed by atoms with van der Waals surface area (Å²) < 4.78 is 15.9. The molecule has 0 bridgehead atoms. The number of carbonyl (C=O) groups is 1. The van der Waals surface area contributed by atoms with E-state index in [2.05, 4.69) is 0 Å². The van der Waals surface area contributed by atoms with Crippen molar-refractivity contribution in [3.63, 3.8) is 0 Å². The Hall–Kier alpha value is -2.69. The van der Waals surface area contributed by atoms with Gasteiger partial charge in [-0.1, -0.05) is 30.3 Å². The van der Waals surface area contributed by atoms with Gasteiger partial charge >= 0.3 is 0 Å². The average Bonchev–Trinajstić information content (AvgIpc) is 2.65. The van der Waals surface area contributed by atoms with Crippen LogP contribution in [0.5, 0.6) is 17.2 Å². The predicted molar refractivity (Wildman–Crippen MR) is 93.0 cm³/mol. The summed E-state index contributed by atoms with van der Waals surface area (Å²) in [6.45, 7) is 1.99. The Bertz CT molecular complexity index is 675. The first-order valence-electron chi connectivity index (χ1n) is 7.65. The van der Waals surface area contributed by atoms with Crippen LogP contribution in [0.4, 0.5) is 0 Å². The molecule has 0 N–H and O–H groups in total. The number of hydrogen-bond donors (Lipinski definition) is 0. The molecule has 0 radical (unpaired) electrons. The van der Waals surface area contributed by atoms with E-state index < -0.39 is 0 Å². The van der Waals surface area contributed by atoms with E-state index in [0.29, 0.717) is 22.8 Å². The van der Waals surface area contributed by atoms with E-state index in [1.54, 1.807) is 24.1 Å². The van der Waals surface area contributed by atoms with Crippen LogP contribution in [-0.2, 0) is 0 Å². The maximum atomic E-state index is 12.9. The first kappa shape index (κ1) is 17.7. The third-order valence-electron chi connectivity index (χ3n) is 4.09. The summed E-state index contributed by atoms with van der Waals surface area (Å²) in [7, 11) is 6.37. The second-order valence-electron chi connectivity index (χ2n) is 5.42. The van der Waals surface area contributed by atoms with Crippen molar-refractivity contribution in [1.82, 2.24) is 4.90 Å². The van der Waals surface area contributed by atoms with Crippen molar-refractivity contribution in [1.29, 1.82) is 0 Å². The highest BCUT2D eigenvalue weighted by molar-refractivity contribution is 5.95. The molecule has 0 aliphatic rings. The Labute approximate surface area is 142 Å². The molecule has 0 saturated heterocycles. The molecule has 0 fully saturated rings. The largest absolute Gasteiger partial charge is 0.493 e. The van der Waals surface area contributed by atoms with Crippen molar-refractivity contribution < 1.29 is 19.0 Å². The molecule has 0 aliphatic carbocycles. The van der Waals surface area contributed by atoms with Crippen LogP contribution in [0.15, 0.2) is 42.5 Å². The van der Waals surface area contributed by atoms with Gasteiger partial charge in [-0.2, -0.15) is 0 Å². The molecular formula is C19H23NO4. The maximum Gasteiger partial charge on any atom is 0.254 e. The lowest BCUT2D eigenvalue weighted by Crippen LogP contribution is -2.29. The minimum atomic E-state index is -0.120. The van der Waals surface area contributed by atoms with Crippen LogP contribution in [-0.4, -0.2) is 39.2 Å². The van der Waals surface area contributed by atoms with Crippen molar-refractivity contribution in [3.05, 3.63) is 53.6 Å². The van der Waals surface area contributed by atoms with E-state index in [1.807, 2.05) is 37.3 Å². The third kappa shape index (κ3) is 3.45. The summed E-state index contributed by atoms with van der Waals surface area (Å²) in [6.07, 6.45) is 0. The summed E-state index contributed by atoms with van der Waals surface area (Å²) in [5.74, 6) is 1.27. The van der Waals surface area contributed by atoms with Crippen LogP contribution >= 0.6 is 0 Å². The molecule has 1 amide bonds. The summed E-state index contributed by atoms with van der Waals surface area (Å²) in [6, 6.07) is 13.2. The van der Waals surface area contributed by atoms with Crippen molar-refractivity contribution in [2.24, 2.45) is 0 Å². The zero-order valence-corrected chi connectivity index (χ0v) is 14.7. The van der Waals surface area contributed by atoms with Gasteiger partial charge in [0.15, 0.2) is 11.5 Å². The molecule has 0 heterocycles. The molecular weight excluding hydrogens is 306 g/mol. The number of hydrogen-bond acceptors (Lipinski definition) is 4. The van der Waals surface area contributed by atoms with E-state index in [1.165, 1.54) is 21.3 Å². The molecule has 0 saturated carbocycles. The molecule has 0 aliphatic heterocycles. The van der Waals surface area contributed by atoms with Gasteiger partial charge in [0.1, 0.15) is 0 Å². The fraction of sp³-hybridized carbons (Fsp3) is 0.316. The molecule has 1 atom stereocenters. The van der Waals surface area contributed by atoms with Gasteiger partial charge in [-0.05, 0) is 24.6 Å². The van der Waals surface area contributed by atoms with Gasteiger partial charge in [0.05, 0.1) is 27.4 Å². The van der Waals surface area contributed by atoms with Crippen molar-refractivity contribution >= 4 is 5.91 Å². The lowest BCUT2D eigenvalue weighted by Gasteiger charge is -2.26. The molecule has 0 aromatic heterocycles. The Morgan fingerprint density at radius 1 is 0.958 bits per heavy atom. The van der Waals surface area contributed by atoms with Crippen LogP contribution < -0.4 is 14.2 Å². The van der Waals surface area contributed by atoms with Gasteiger partial charge in [0.25, 0.3) is 5.91 Å². The number of nitrogens with zero attached hydrogens (tertiary/aromatic N) is 1. The minimum Gasteiger partial charge on any atom is -0.493 e. The van der Waals surface area contributed by atoms with Gasteiger partial charge in [-0.3, -0.25) is 4.79 Å². The lowest BCUT2D eigenvalue weighted by atomic mass is 10.1. The zero-order chi connectivity index (χ0) is 17.7. The van der Waals surface area contributed by atoms with Gasteiger partial charge in [-0.15, -0.1) is 0 Å². The van der Waals surface area contributed by atoms with Gasteiger partial charge in [0, 0.05) is 12.6 Å². The molecule has 2 aromatic carbocycles. The second-order valence-corrected chi connectivity index (χ2v) is 5.42. The van der Waals surface area contributed by atoms with Crippen LogP contribution in [0.2, 0.25) is 0 Å². The van der Waals surface area contributed by atoms with E-state index in [-0.39, 0.29) is 11.9 Å². The Kier molecular flexibility index (Phi) is 5.68. The first-order chi connectivity index (χ1) is 11.5. The Balaban J connectivity index is 2.35. The fourth-order valence-electron chi connectivity index (χ4n) is 2.54. The fourth-order valence-corrected chi connectivity index (χ4v) is 2.54. The molecule has 5 nitrogen and oxygen atoms in total. The molecule has 5 heteroatoms. The quantitative estimate of drug-likeness (QED) is 0.813. The van der Waals surface area contributed by atoms with Gasteiger partial charge < -0.3 is 19.1 Å². The van der Waals surface area contributed by atoms with Crippen LogP contribution in [0.25, 0.3) is 0 Å². The highest BCUT2D eigenvalue weighted by Crippen LogP contribution is 2.38. The number of methoxy groups -OCH3 is 3. The van der Waals surface area contributed by atoms with Gasteiger partial charge in [0.2, 0.25) is 5.75 Å². The number of amides is 1. The first-order valence-corrected chi connectivity index (χ1v) is 7.65. The normalized spacial score (nSPS) is 11.5. The van der Waals surface area contributed by atoms with Crippen LogP contribution in [0, 0.1) is 0 Å². The molecule has 2 aromatic rings. The summed E-state index contributed by atoms with van der Waals surface area (Å²) in [5, 5.41) is 0.